The molecule has 0 bridgehead atoms. The monoisotopic (exact) mass is 299 g/mol. The summed E-state index contributed by atoms with van der Waals surface area (Å²) in [6.07, 6.45) is 5.36. The second-order valence-electron chi connectivity index (χ2n) is 4.90. The fourth-order valence-electron chi connectivity index (χ4n) is 2.33. The zero-order valence-electron chi connectivity index (χ0n) is 11.5. The van der Waals surface area contributed by atoms with E-state index >= 15 is 0 Å². The van der Waals surface area contributed by atoms with Crippen LogP contribution in [0.2, 0.25) is 0 Å². The second kappa shape index (κ2) is 8.21. The first-order valence-corrected chi connectivity index (χ1v) is 8.18. The van der Waals surface area contributed by atoms with E-state index in [2.05, 4.69) is 20.8 Å². The first kappa shape index (κ1) is 15.2. The van der Waals surface area contributed by atoms with Crippen LogP contribution in [-0.2, 0) is 10.5 Å². The summed E-state index contributed by atoms with van der Waals surface area (Å²) in [5.74, 6) is 1.88. The van der Waals surface area contributed by atoms with E-state index in [4.69, 9.17) is 5.11 Å². The molecule has 1 fully saturated rings. The lowest BCUT2D eigenvalue weighted by Gasteiger charge is -2.10. The van der Waals surface area contributed by atoms with Crippen molar-refractivity contribution in [3.05, 3.63) is 5.82 Å². The molecule has 0 radical (unpaired) electrons. The van der Waals surface area contributed by atoms with Crippen molar-refractivity contribution in [1.29, 1.82) is 0 Å². The molecular formula is C12H21N5O2S. The first-order chi connectivity index (χ1) is 9.81. The molecule has 1 aromatic heterocycles. The molecule has 1 amide bonds. The molecule has 0 saturated heterocycles. The standard InChI is InChI=1S/C12H21N5O2S/c18-7-3-6-13-12(19)9-20-8-11-14-15-16-17(11)10-4-1-2-5-10/h10,18H,1-9H2,(H,13,19). The van der Waals surface area contributed by atoms with Crippen LogP contribution < -0.4 is 5.32 Å². The Kier molecular flexibility index (Phi) is 6.25. The lowest BCUT2D eigenvalue weighted by Crippen LogP contribution is -2.26. The highest BCUT2D eigenvalue weighted by Crippen LogP contribution is 2.29. The Morgan fingerprint density at radius 2 is 2.25 bits per heavy atom. The van der Waals surface area contributed by atoms with Gasteiger partial charge in [-0.05, 0) is 29.7 Å². The largest absolute Gasteiger partial charge is 0.396 e. The molecule has 8 heteroatoms. The molecule has 7 nitrogen and oxygen atoms in total. The Labute approximate surface area is 122 Å². The highest BCUT2D eigenvalue weighted by atomic mass is 32.2. The lowest BCUT2D eigenvalue weighted by atomic mass is 10.2. The molecule has 20 heavy (non-hydrogen) atoms. The highest BCUT2D eigenvalue weighted by molar-refractivity contribution is 7.99. The molecule has 2 N–H and O–H groups in total. The number of aliphatic hydroxyl groups is 1. The summed E-state index contributed by atoms with van der Waals surface area (Å²) in [6, 6.07) is 0.430. The molecule has 0 atom stereocenters. The van der Waals surface area contributed by atoms with Gasteiger partial charge in [-0.3, -0.25) is 4.79 Å². The van der Waals surface area contributed by atoms with Gasteiger partial charge in [0.05, 0.1) is 17.5 Å². The number of amides is 1. The average Bonchev–Trinajstić information content (AvgIpc) is 3.09. The van der Waals surface area contributed by atoms with Gasteiger partial charge in [0.15, 0.2) is 5.82 Å². The van der Waals surface area contributed by atoms with Crippen LogP contribution >= 0.6 is 11.8 Å². The molecule has 112 valence electrons. The first-order valence-electron chi connectivity index (χ1n) is 7.03. The molecule has 1 saturated carbocycles. The number of rotatable bonds is 8. The molecule has 1 heterocycles. The van der Waals surface area contributed by atoms with Gasteiger partial charge in [-0.1, -0.05) is 12.8 Å². The Balaban J connectivity index is 1.71. The van der Waals surface area contributed by atoms with Crippen molar-refractivity contribution in [2.45, 2.75) is 43.9 Å². The lowest BCUT2D eigenvalue weighted by molar-refractivity contribution is -0.118. The van der Waals surface area contributed by atoms with Gasteiger partial charge in [0.2, 0.25) is 5.91 Å². The summed E-state index contributed by atoms with van der Waals surface area (Å²) < 4.78 is 1.92. The average molecular weight is 299 g/mol. The quantitative estimate of drug-likeness (QED) is 0.680. The van der Waals surface area contributed by atoms with Gasteiger partial charge in [0, 0.05) is 13.2 Å². The van der Waals surface area contributed by atoms with Crippen molar-refractivity contribution in [3.8, 4) is 0 Å². The van der Waals surface area contributed by atoms with Crippen molar-refractivity contribution in [2.24, 2.45) is 0 Å². The smallest absolute Gasteiger partial charge is 0.230 e. The van der Waals surface area contributed by atoms with Crippen molar-refractivity contribution in [2.75, 3.05) is 18.9 Å². The van der Waals surface area contributed by atoms with Gasteiger partial charge in [0.1, 0.15) is 0 Å². The summed E-state index contributed by atoms with van der Waals surface area (Å²) >= 11 is 1.51. The topological polar surface area (TPSA) is 92.9 Å². The minimum Gasteiger partial charge on any atom is -0.396 e. The summed E-state index contributed by atoms with van der Waals surface area (Å²) in [6.45, 7) is 0.624. The Hall–Kier alpha value is -1.15. The van der Waals surface area contributed by atoms with E-state index < -0.39 is 0 Å². The van der Waals surface area contributed by atoms with E-state index in [1.165, 1.54) is 24.6 Å². The maximum atomic E-state index is 11.5. The van der Waals surface area contributed by atoms with Gasteiger partial charge >= 0.3 is 0 Å². The third-order valence-electron chi connectivity index (χ3n) is 3.35. The Morgan fingerprint density at radius 1 is 1.45 bits per heavy atom. The predicted molar refractivity (Wildman–Crippen MR) is 76.2 cm³/mol. The van der Waals surface area contributed by atoms with Crippen LogP contribution in [0.5, 0.6) is 0 Å². The number of thioether (sulfide) groups is 1. The molecule has 0 unspecified atom stereocenters. The number of nitrogens with one attached hydrogen (secondary N) is 1. The summed E-state index contributed by atoms with van der Waals surface area (Å²) in [5, 5.41) is 23.3. The van der Waals surface area contributed by atoms with Gasteiger partial charge < -0.3 is 10.4 Å². The van der Waals surface area contributed by atoms with Gasteiger partial charge in [-0.2, -0.15) is 0 Å². The maximum Gasteiger partial charge on any atom is 0.230 e. The van der Waals surface area contributed by atoms with Crippen LogP contribution in [0, 0.1) is 0 Å². The Morgan fingerprint density at radius 3 is 3.00 bits per heavy atom. The normalized spacial score (nSPS) is 15.7. The maximum absolute atomic E-state index is 11.5. The molecule has 0 aliphatic heterocycles. The molecule has 2 rings (SSSR count). The molecule has 1 aromatic rings. The fraction of sp³-hybridized carbons (Fsp3) is 0.833. The van der Waals surface area contributed by atoms with Crippen molar-refractivity contribution < 1.29 is 9.90 Å². The summed E-state index contributed by atoms with van der Waals surface area (Å²) in [5.41, 5.74) is 0. The van der Waals surface area contributed by atoms with Crippen LogP contribution in [-0.4, -0.2) is 50.1 Å². The number of tetrazole rings is 1. The van der Waals surface area contributed by atoms with Crippen LogP contribution in [0.25, 0.3) is 0 Å². The molecular weight excluding hydrogens is 278 g/mol. The Bertz CT molecular complexity index is 420. The minimum absolute atomic E-state index is 0.0108. The zero-order chi connectivity index (χ0) is 14.2. The van der Waals surface area contributed by atoms with Crippen LogP contribution in [0.3, 0.4) is 0 Å². The fourth-order valence-corrected chi connectivity index (χ4v) is 3.09. The number of carbonyl (C=O) groups is 1. The SMILES string of the molecule is O=C(CSCc1nnnn1C1CCCC1)NCCCO. The molecule has 1 aliphatic carbocycles. The number of nitrogens with zero attached hydrogens (tertiary/aromatic N) is 4. The number of aromatic nitrogens is 4. The van der Waals surface area contributed by atoms with Crippen molar-refractivity contribution in [3.63, 3.8) is 0 Å². The predicted octanol–water partition coefficient (Wildman–Crippen LogP) is 0.520. The number of hydrogen-bond donors (Lipinski definition) is 2. The van der Waals surface area contributed by atoms with Gasteiger partial charge in [0.25, 0.3) is 0 Å². The molecule has 0 aromatic carbocycles. The summed E-state index contributed by atoms with van der Waals surface area (Å²) in [4.78, 5) is 11.5. The van der Waals surface area contributed by atoms with E-state index in [-0.39, 0.29) is 12.5 Å². The zero-order valence-corrected chi connectivity index (χ0v) is 12.3. The highest BCUT2D eigenvalue weighted by Gasteiger charge is 2.21. The van der Waals surface area contributed by atoms with Crippen LogP contribution in [0.4, 0.5) is 0 Å². The van der Waals surface area contributed by atoms with E-state index in [9.17, 15) is 4.79 Å². The number of hydrogen-bond acceptors (Lipinski definition) is 6. The molecule has 1 aliphatic rings. The van der Waals surface area contributed by atoms with Gasteiger partial charge in [-0.25, -0.2) is 4.68 Å². The van der Waals surface area contributed by atoms with Crippen LogP contribution in [0.1, 0.15) is 44.0 Å². The molecule has 0 spiro atoms. The summed E-state index contributed by atoms with van der Waals surface area (Å²) in [7, 11) is 0. The number of aliphatic hydroxyl groups excluding tert-OH is 1. The van der Waals surface area contributed by atoms with Crippen LogP contribution in [0.15, 0.2) is 0 Å². The van der Waals surface area contributed by atoms with E-state index in [0.717, 1.165) is 18.7 Å². The second-order valence-corrected chi connectivity index (χ2v) is 5.88. The van der Waals surface area contributed by atoms with Crippen molar-refractivity contribution >= 4 is 17.7 Å². The van der Waals surface area contributed by atoms with E-state index in [1.807, 2.05) is 4.68 Å². The third kappa shape index (κ3) is 4.45. The van der Waals surface area contributed by atoms with Crippen molar-refractivity contribution in [1.82, 2.24) is 25.5 Å². The number of carbonyl (C=O) groups excluding carboxylic acids is 1. The van der Waals surface area contributed by atoms with Gasteiger partial charge in [-0.15, -0.1) is 16.9 Å². The van der Waals surface area contributed by atoms with E-state index in [0.29, 0.717) is 30.5 Å². The van der Waals surface area contributed by atoms with E-state index in [1.54, 1.807) is 0 Å². The third-order valence-corrected chi connectivity index (χ3v) is 4.28. The minimum atomic E-state index is -0.0108.